The van der Waals surface area contributed by atoms with E-state index in [1.807, 2.05) is 38.1 Å². The number of carboxylic acid groups (broad SMARTS) is 1. The van der Waals surface area contributed by atoms with E-state index in [9.17, 15) is 4.79 Å². The molecule has 1 aromatic rings. The monoisotopic (exact) mass is 221 g/mol. The van der Waals surface area contributed by atoms with Crippen molar-refractivity contribution >= 4 is 5.97 Å². The van der Waals surface area contributed by atoms with Gasteiger partial charge in [0.1, 0.15) is 6.04 Å². The average molecular weight is 221 g/mol. The van der Waals surface area contributed by atoms with Gasteiger partial charge < -0.3 is 10.4 Å². The molecule has 0 radical (unpaired) electrons. The minimum absolute atomic E-state index is 0.484. The molecule has 0 fully saturated rings. The minimum Gasteiger partial charge on any atom is -0.480 e. The number of hydrogen-bond acceptors (Lipinski definition) is 2. The van der Waals surface area contributed by atoms with Gasteiger partial charge in [-0.1, -0.05) is 36.8 Å². The van der Waals surface area contributed by atoms with E-state index in [-0.39, 0.29) is 0 Å². The first kappa shape index (κ1) is 12.7. The number of benzene rings is 1. The number of rotatable bonds is 6. The summed E-state index contributed by atoms with van der Waals surface area (Å²) >= 11 is 0. The summed E-state index contributed by atoms with van der Waals surface area (Å²) in [5.74, 6) is -0.782. The van der Waals surface area contributed by atoms with Crippen LogP contribution in [0.3, 0.4) is 0 Å². The molecule has 0 saturated carbocycles. The highest BCUT2D eigenvalue weighted by Gasteiger charge is 2.16. The van der Waals surface area contributed by atoms with E-state index in [4.69, 9.17) is 5.11 Å². The molecular weight excluding hydrogens is 202 g/mol. The lowest BCUT2D eigenvalue weighted by Gasteiger charge is -2.14. The molecule has 3 heteroatoms. The standard InChI is InChI=1S/C13H19NO2/c1-3-7-14-12(13(15)16)9-11-6-4-5-10(2)8-11/h4-6,8,12,14H,3,7,9H2,1-2H3,(H,15,16). The zero-order valence-electron chi connectivity index (χ0n) is 9.86. The molecule has 0 amide bonds. The highest BCUT2D eigenvalue weighted by molar-refractivity contribution is 5.73. The van der Waals surface area contributed by atoms with E-state index in [2.05, 4.69) is 5.32 Å². The van der Waals surface area contributed by atoms with Crippen molar-refractivity contribution in [1.82, 2.24) is 5.32 Å². The topological polar surface area (TPSA) is 49.3 Å². The van der Waals surface area contributed by atoms with Gasteiger partial charge in [0.2, 0.25) is 0 Å². The van der Waals surface area contributed by atoms with Gasteiger partial charge in [-0.3, -0.25) is 4.79 Å². The smallest absolute Gasteiger partial charge is 0.321 e. The van der Waals surface area contributed by atoms with Crippen molar-refractivity contribution in [3.05, 3.63) is 35.4 Å². The highest BCUT2D eigenvalue weighted by Crippen LogP contribution is 2.07. The molecule has 1 rings (SSSR count). The maximum atomic E-state index is 11.0. The summed E-state index contributed by atoms with van der Waals surface area (Å²) < 4.78 is 0. The molecule has 0 bridgehead atoms. The third kappa shape index (κ3) is 4.03. The van der Waals surface area contributed by atoms with Crippen LogP contribution in [0.1, 0.15) is 24.5 Å². The molecule has 0 saturated heterocycles. The summed E-state index contributed by atoms with van der Waals surface area (Å²) in [6.07, 6.45) is 1.48. The van der Waals surface area contributed by atoms with Crippen LogP contribution in [-0.4, -0.2) is 23.7 Å². The van der Waals surface area contributed by atoms with Crippen molar-refractivity contribution in [2.45, 2.75) is 32.7 Å². The first-order valence-electron chi connectivity index (χ1n) is 5.65. The summed E-state index contributed by atoms with van der Waals surface area (Å²) in [5, 5.41) is 12.1. The maximum Gasteiger partial charge on any atom is 0.321 e. The molecule has 0 aliphatic carbocycles. The molecule has 0 aromatic heterocycles. The molecule has 2 N–H and O–H groups in total. The summed E-state index contributed by atoms with van der Waals surface area (Å²) in [6.45, 7) is 4.78. The Bertz CT molecular complexity index is 350. The second kappa shape index (κ2) is 6.28. The second-order valence-electron chi connectivity index (χ2n) is 4.04. The van der Waals surface area contributed by atoms with E-state index < -0.39 is 12.0 Å². The summed E-state index contributed by atoms with van der Waals surface area (Å²) in [4.78, 5) is 11.0. The normalized spacial score (nSPS) is 12.4. The fourth-order valence-electron chi connectivity index (χ4n) is 1.64. The van der Waals surface area contributed by atoms with Crippen molar-refractivity contribution in [1.29, 1.82) is 0 Å². The third-order valence-electron chi connectivity index (χ3n) is 2.46. The van der Waals surface area contributed by atoms with Crippen LogP contribution in [0.5, 0.6) is 0 Å². The van der Waals surface area contributed by atoms with Gasteiger partial charge in [-0.15, -0.1) is 0 Å². The molecule has 16 heavy (non-hydrogen) atoms. The van der Waals surface area contributed by atoms with E-state index in [0.717, 1.165) is 24.1 Å². The lowest BCUT2D eigenvalue weighted by molar-refractivity contribution is -0.139. The second-order valence-corrected chi connectivity index (χ2v) is 4.04. The molecule has 1 aromatic carbocycles. The Morgan fingerprint density at radius 3 is 2.81 bits per heavy atom. The van der Waals surface area contributed by atoms with Crippen molar-refractivity contribution in [2.24, 2.45) is 0 Å². The van der Waals surface area contributed by atoms with Gasteiger partial charge in [0.25, 0.3) is 0 Å². The van der Waals surface area contributed by atoms with Gasteiger partial charge in [0.15, 0.2) is 0 Å². The van der Waals surface area contributed by atoms with Gasteiger partial charge in [0, 0.05) is 0 Å². The molecule has 0 aliphatic rings. The number of carbonyl (C=O) groups is 1. The molecular formula is C13H19NO2. The Morgan fingerprint density at radius 2 is 2.25 bits per heavy atom. The number of aryl methyl sites for hydroxylation is 1. The highest BCUT2D eigenvalue weighted by atomic mass is 16.4. The predicted octanol–water partition coefficient (Wildman–Crippen LogP) is 1.99. The SMILES string of the molecule is CCCNC(Cc1cccc(C)c1)C(=O)O. The zero-order valence-corrected chi connectivity index (χ0v) is 9.86. The van der Waals surface area contributed by atoms with Crippen molar-refractivity contribution in [2.75, 3.05) is 6.54 Å². The molecule has 88 valence electrons. The van der Waals surface area contributed by atoms with Crippen LogP contribution in [0.25, 0.3) is 0 Å². The van der Waals surface area contributed by atoms with Crippen LogP contribution < -0.4 is 5.32 Å². The van der Waals surface area contributed by atoms with Crippen molar-refractivity contribution in [3.63, 3.8) is 0 Å². The van der Waals surface area contributed by atoms with E-state index in [1.54, 1.807) is 0 Å². The molecule has 1 unspecified atom stereocenters. The average Bonchev–Trinajstić information content (AvgIpc) is 2.24. The Hall–Kier alpha value is -1.35. The molecule has 0 heterocycles. The molecule has 0 spiro atoms. The van der Waals surface area contributed by atoms with Crippen LogP contribution in [0.15, 0.2) is 24.3 Å². The van der Waals surface area contributed by atoms with Crippen LogP contribution in [0.2, 0.25) is 0 Å². The Morgan fingerprint density at radius 1 is 1.50 bits per heavy atom. The quantitative estimate of drug-likeness (QED) is 0.772. The Balaban J connectivity index is 2.64. The molecule has 1 atom stereocenters. The summed E-state index contributed by atoms with van der Waals surface area (Å²) in [5.41, 5.74) is 2.23. The van der Waals surface area contributed by atoms with E-state index >= 15 is 0 Å². The van der Waals surface area contributed by atoms with Gasteiger partial charge in [-0.05, 0) is 31.9 Å². The molecule has 3 nitrogen and oxygen atoms in total. The Kier molecular flexibility index (Phi) is 4.99. The first-order valence-corrected chi connectivity index (χ1v) is 5.65. The van der Waals surface area contributed by atoms with Crippen LogP contribution in [-0.2, 0) is 11.2 Å². The van der Waals surface area contributed by atoms with E-state index in [1.165, 1.54) is 0 Å². The zero-order chi connectivity index (χ0) is 12.0. The van der Waals surface area contributed by atoms with Crippen LogP contribution in [0, 0.1) is 6.92 Å². The third-order valence-corrected chi connectivity index (χ3v) is 2.46. The largest absolute Gasteiger partial charge is 0.480 e. The summed E-state index contributed by atoms with van der Waals surface area (Å²) in [7, 11) is 0. The number of carboxylic acids is 1. The number of aliphatic carboxylic acids is 1. The predicted molar refractivity (Wildman–Crippen MR) is 64.6 cm³/mol. The lowest BCUT2D eigenvalue weighted by Crippen LogP contribution is -2.38. The van der Waals surface area contributed by atoms with Crippen LogP contribution >= 0.6 is 0 Å². The number of hydrogen-bond donors (Lipinski definition) is 2. The molecule has 0 aliphatic heterocycles. The Labute approximate surface area is 96.5 Å². The fraction of sp³-hybridized carbons (Fsp3) is 0.462. The first-order chi connectivity index (χ1) is 7.63. The van der Waals surface area contributed by atoms with Crippen molar-refractivity contribution in [3.8, 4) is 0 Å². The van der Waals surface area contributed by atoms with Crippen LogP contribution in [0.4, 0.5) is 0 Å². The maximum absolute atomic E-state index is 11.0. The van der Waals surface area contributed by atoms with E-state index in [0.29, 0.717) is 6.42 Å². The minimum atomic E-state index is -0.782. The van der Waals surface area contributed by atoms with Gasteiger partial charge in [-0.2, -0.15) is 0 Å². The fourth-order valence-corrected chi connectivity index (χ4v) is 1.64. The summed E-state index contributed by atoms with van der Waals surface area (Å²) in [6, 6.07) is 7.49. The van der Waals surface area contributed by atoms with Gasteiger partial charge in [-0.25, -0.2) is 0 Å². The van der Waals surface area contributed by atoms with Gasteiger partial charge in [0.05, 0.1) is 0 Å². The lowest BCUT2D eigenvalue weighted by atomic mass is 10.0. The number of nitrogens with one attached hydrogen (secondary N) is 1. The van der Waals surface area contributed by atoms with Gasteiger partial charge >= 0.3 is 5.97 Å². The van der Waals surface area contributed by atoms with Crippen molar-refractivity contribution < 1.29 is 9.90 Å².